The number of nitrogens with one attached hydrogen (secondary N) is 2. The summed E-state index contributed by atoms with van der Waals surface area (Å²) in [4.78, 5) is 49.0. The van der Waals surface area contributed by atoms with E-state index in [1.165, 1.54) is 58.3 Å². The van der Waals surface area contributed by atoms with Crippen molar-refractivity contribution in [3.05, 3.63) is 58.5 Å². The fraction of sp³-hybridized carbons (Fsp3) is 0.320. The first-order valence-corrected chi connectivity index (χ1v) is 15.5. The van der Waals surface area contributed by atoms with Crippen molar-refractivity contribution in [3.8, 4) is 0 Å². The van der Waals surface area contributed by atoms with Crippen LogP contribution in [0, 0.1) is 6.92 Å². The first-order chi connectivity index (χ1) is 19.6. The van der Waals surface area contributed by atoms with Crippen LogP contribution in [0.5, 0.6) is 0 Å². The van der Waals surface area contributed by atoms with Crippen LogP contribution in [0.15, 0.2) is 56.6 Å². The third-order valence-corrected chi connectivity index (χ3v) is 10.1. The van der Waals surface area contributed by atoms with Crippen LogP contribution < -0.4 is 15.8 Å². The maximum absolute atomic E-state index is 12.4. The topological polar surface area (TPSA) is 222 Å². The summed E-state index contributed by atoms with van der Waals surface area (Å²) in [5.74, 6) is -4.40. The second-order valence-electron chi connectivity index (χ2n) is 9.91. The fourth-order valence-corrected chi connectivity index (χ4v) is 7.78. The second kappa shape index (κ2) is 11.7. The Kier molecular flexibility index (Phi) is 8.56. The summed E-state index contributed by atoms with van der Waals surface area (Å²) in [5, 5.41) is 27.5. The third kappa shape index (κ3) is 6.22. The van der Waals surface area contributed by atoms with Gasteiger partial charge in [0, 0.05) is 16.5 Å². The van der Waals surface area contributed by atoms with Crippen molar-refractivity contribution < 1.29 is 42.3 Å². The quantitative estimate of drug-likeness (QED) is 0.136. The number of rotatable bonds is 8. The number of benzene rings is 1. The monoisotopic (exact) mass is 637 g/mol. The standard InChI is InChI=1S/C15H16N2O6S2.C10H11N3O3S/c1-15(2)9(14(22)23)17-11(19)8(12(17)25-15)16-10(18)7(13(20)21)6-3-4-24-5-6;1-7-6-10(12-16-7)13-17(14,15)9-4-2-8(11)3-5-9/h3-5,7-9,12H,1-2H3,(H,16,18)(H,20,21)(H,22,23);2-6H,11H2,1H3,(H,12,13)/t7-,8-,9+,12-;/m1./s1. The van der Waals surface area contributed by atoms with E-state index in [4.69, 9.17) is 10.3 Å². The molecule has 2 amide bonds. The van der Waals surface area contributed by atoms with Gasteiger partial charge >= 0.3 is 11.9 Å². The number of aromatic nitrogens is 1. The molecule has 2 aliphatic heterocycles. The van der Waals surface area contributed by atoms with Gasteiger partial charge in [-0.25, -0.2) is 13.2 Å². The van der Waals surface area contributed by atoms with E-state index in [9.17, 15) is 37.8 Å². The molecule has 6 N–H and O–H groups in total. The summed E-state index contributed by atoms with van der Waals surface area (Å²) in [6.07, 6.45) is 0. The number of amides is 2. The molecular formula is C25H27N5O9S3. The van der Waals surface area contributed by atoms with E-state index in [2.05, 4.69) is 15.2 Å². The lowest BCUT2D eigenvalue weighted by Gasteiger charge is -2.43. The number of nitrogen functional groups attached to an aromatic ring is 1. The molecular weight excluding hydrogens is 611 g/mol. The summed E-state index contributed by atoms with van der Waals surface area (Å²) in [6.45, 7) is 5.13. The second-order valence-corrected chi connectivity index (χ2v) is 14.1. The van der Waals surface area contributed by atoms with Crippen LogP contribution >= 0.6 is 23.1 Å². The largest absolute Gasteiger partial charge is 0.480 e. The molecule has 0 unspecified atom stereocenters. The van der Waals surface area contributed by atoms with Gasteiger partial charge in [0.15, 0.2) is 11.7 Å². The van der Waals surface area contributed by atoms with Crippen molar-refractivity contribution in [2.24, 2.45) is 0 Å². The lowest BCUT2D eigenvalue weighted by atomic mass is 9.95. The number of thiophene rings is 1. The highest BCUT2D eigenvalue weighted by atomic mass is 32.2. The molecule has 2 aliphatic rings. The van der Waals surface area contributed by atoms with Crippen LogP contribution in [0.3, 0.4) is 0 Å². The summed E-state index contributed by atoms with van der Waals surface area (Å²) in [5.41, 5.74) is 6.33. The Morgan fingerprint density at radius 1 is 1.17 bits per heavy atom. The molecule has 2 saturated heterocycles. The maximum Gasteiger partial charge on any atom is 0.327 e. The van der Waals surface area contributed by atoms with E-state index in [-0.39, 0.29) is 10.7 Å². The Balaban J connectivity index is 0.000000208. The number of carbonyl (C=O) groups is 4. The van der Waals surface area contributed by atoms with Gasteiger partial charge in [0.05, 0.1) is 4.90 Å². The Morgan fingerprint density at radius 2 is 1.83 bits per heavy atom. The first kappa shape index (κ1) is 30.9. The number of hydrogen-bond acceptors (Lipinski definition) is 11. The van der Waals surface area contributed by atoms with E-state index in [1.54, 1.807) is 37.6 Å². The molecule has 5 rings (SSSR count). The number of carboxylic acids is 2. The predicted molar refractivity (Wildman–Crippen MR) is 153 cm³/mol. The number of nitrogens with two attached hydrogens (primary N) is 1. The Morgan fingerprint density at radius 3 is 2.36 bits per heavy atom. The molecule has 4 heterocycles. The predicted octanol–water partition coefficient (Wildman–Crippen LogP) is 1.91. The summed E-state index contributed by atoms with van der Waals surface area (Å²) < 4.78 is 30.1. The highest BCUT2D eigenvalue weighted by molar-refractivity contribution is 8.01. The number of β-lactam (4-membered cyclic amide) rings is 1. The number of carboxylic acid groups (broad SMARTS) is 2. The number of aliphatic carboxylic acids is 2. The van der Waals surface area contributed by atoms with Gasteiger partial charge < -0.3 is 30.7 Å². The zero-order valence-electron chi connectivity index (χ0n) is 22.4. The highest BCUT2D eigenvalue weighted by Gasteiger charge is 2.64. The molecule has 0 bridgehead atoms. The van der Waals surface area contributed by atoms with Crippen LogP contribution in [0.25, 0.3) is 0 Å². The molecule has 1 aromatic carbocycles. The van der Waals surface area contributed by atoms with Crippen LogP contribution in [0.1, 0.15) is 31.1 Å². The zero-order valence-corrected chi connectivity index (χ0v) is 24.8. The molecule has 4 atom stereocenters. The summed E-state index contributed by atoms with van der Waals surface area (Å²) in [7, 11) is -3.64. The van der Waals surface area contributed by atoms with Gasteiger partial charge in [-0.3, -0.25) is 19.1 Å². The Hall–Kier alpha value is -4.09. The van der Waals surface area contributed by atoms with Crippen LogP contribution in [-0.2, 0) is 29.2 Å². The number of thioether (sulfide) groups is 1. The molecule has 0 aliphatic carbocycles. The maximum atomic E-state index is 12.4. The smallest absolute Gasteiger partial charge is 0.327 e. The van der Waals surface area contributed by atoms with Crippen LogP contribution in [0.2, 0.25) is 0 Å². The van der Waals surface area contributed by atoms with Gasteiger partial charge in [-0.1, -0.05) is 5.16 Å². The molecule has 224 valence electrons. The van der Waals surface area contributed by atoms with Gasteiger partial charge in [0.25, 0.3) is 10.0 Å². The summed E-state index contributed by atoms with van der Waals surface area (Å²) >= 11 is 2.56. The van der Waals surface area contributed by atoms with E-state index in [1.807, 2.05) is 0 Å². The Labute approximate surface area is 248 Å². The van der Waals surface area contributed by atoms with E-state index < -0.39 is 61.9 Å². The third-order valence-electron chi connectivity index (χ3n) is 6.42. The van der Waals surface area contributed by atoms with Gasteiger partial charge in [0.2, 0.25) is 11.8 Å². The van der Waals surface area contributed by atoms with E-state index in [0.29, 0.717) is 17.0 Å². The number of hydrogen-bond donors (Lipinski definition) is 5. The molecule has 0 spiro atoms. The molecule has 2 fully saturated rings. The number of fused-ring (bicyclic) bond motifs is 1. The molecule has 3 aromatic rings. The lowest BCUT2D eigenvalue weighted by Crippen LogP contribution is -2.71. The van der Waals surface area contributed by atoms with Crippen molar-refractivity contribution in [3.63, 3.8) is 0 Å². The summed E-state index contributed by atoms with van der Waals surface area (Å²) in [6, 6.07) is 7.03. The number of aryl methyl sites for hydroxylation is 1. The zero-order chi connectivity index (χ0) is 31.0. The van der Waals surface area contributed by atoms with Gasteiger partial charge in [-0.15, -0.1) is 11.8 Å². The van der Waals surface area contributed by atoms with Crippen molar-refractivity contribution in [1.29, 1.82) is 0 Å². The van der Waals surface area contributed by atoms with E-state index in [0.717, 1.165) is 0 Å². The SMILES string of the molecule is CC1(C)S[C@@H]2[C@H](NC(=O)[C@H](C(=O)O)c3ccsc3)C(=O)N2[C@H]1C(=O)O.Cc1cc(NS(=O)(=O)c2ccc(N)cc2)no1. The number of sulfonamides is 1. The van der Waals surface area contributed by atoms with Crippen molar-refractivity contribution >= 4 is 68.4 Å². The van der Waals surface area contributed by atoms with E-state index >= 15 is 0 Å². The Bertz CT molecular complexity index is 1600. The van der Waals surface area contributed by atoms with Crippen LogP contribution in [-0.4, -0.2) is 74.6 Å². The van der Waals surface area contributed by atoms with Gasteiger partial charge in [0.1, 0.15) is 23.2 Å². The van der Waals surface area contributed by atoms with Gasteiger partial charge in [-0.2, -0.15) is 11.3 Å². The molecule has 2 aromatic heterocycles. The highest BCUT2D eigenvalue weighted by Crippen LogP contribution is 2.50. The average Bonchev–Trinajstić information content (AvgIpc) is 3.61. The van der Waals surface area contributed by atoms with Crippen molar-refractivity contribution in [1.82, 2.24) is 15.4 Å². The molecule has 17 heteroatoms. The fourth-order valence-electron chi connectivity index (χ4n) is 4.49. The van der Waals surface area contributed by atoms with Gasteiger partial charge in [-0.05, 0) is 67.4 Å². The van der Waals surface area contributed by atoms with Crippen LogP contribution in [0.4, 0.5) is 11.5 Å². The molecule has 14 nitrogen and oxygen atoms in total. The minimum Gasteiger partial charge on any atom is -0.480 e. The minimum absolute atomic E-state index is 0.118. The first-order valence-electron chi connectivity index (χ1n) is 12.2. The number of carbonyl (C=O) groups excluding carboxylic acids is 2. The minimum atomic E-state index is -3.64. The molecule has 42 heavy (non-hydrogen) atoms. The number of anilines is 2. The van der Waals surface area contributed by atoms with Crippen molar-refractivity contribution in [2.75, 3.05) is 10.5 Å². The average molecular weight is 638 g/mol. The van der Waals surface area contributed by atoms with Crippen molar-refractivity contribution in [2.45, 2.75) is 53.8 Å². The normalized spacial score (nSPS) is 21.3. The number of nitrogens with zero attached hydrogens (tertiary/aromatic N) is 2. The molecule has 0 radical (unpaired) electrons. The molecule has 0 saturated carbocycles. The lowest BCUT2D eigenvalue weighted by molar-refractivity contribution is -0.161.